The van der Waals surface area contributed by atoms with E-state index in [1.165, 1.54) is 12.1 Å². The molecule has 1 N–H and O–H groups in total. The maximum atomic E-state index is 13.2. The van der Waals surface area contributed by atoms with Crippen LogP contribution >= 0.6 is 0 Å². The molecule has 2 aliphatic heterocycles. The molecule has 0 aromatic heterocycles. The molecule has 1 saturated heterocycles. The Hall–Kier alpha value is -1.13. The second-order valence-corrected chi connectivity index (χ2v) is 5.29. The zero-order chi connectivity index (χ0) is 12.8. The van der Waals surface area contributed by atoms with Crippen LogP contribution in [-0.2, 0) is 4.74 Å². The van der Waals surface area contributed by atoms with E-state index in [-0.39, 0.29) is 17.3 Å². The Labute approximate surface area is 106 Å². The van der Waals surface area contributed by atoms with Crippen molar-refractivity contribution in [1.29, 1.82) is 0 Å². The lowest BCUT2D eigenvalue weighted by Gasteiger charge is -2.46. The molecule has 1 aromatic carbocycles. The van der Waals surface area contributed by atoms with Gasteiger partial charge in [-0.25, -0.2) is 4.39 Å². The molecule has 4 heteroatoms. The van der Waals surface area contributed by atoms with Gasteiger partial charge in [0.2, 0.25) is 0 Å². The molecule has 3 unspecified atom stereocenters. The van der Waals surface area contributed by atoms with Crippen LogP contribution in [0.15, 0.2) is 18.2 Å². The van der Waals surface area contributed by atoms with Crippen molar-refractivity contribution in [2.45, 2.75) is 31.5 Å². The molecule has 1 spiro atoms. The zero-order valence-corrected chi connectivity index (χ0v) is 10.4. The topological polar surface area (TPSA) is 38.7 Å². The fourth-order valence-electron chi connectivity index (χ4n) is 2.93. The van der Waals surface area contributed by atoms with Crippen molar-refractivity contribution in [1.82, 2.24) is 0 Å². The summed E-state index contributed by atoms with van der Waals surface area (Å²) in [6.07, 6.45) is 0.612. The number of rotatable bonds is 0. The van der Waals surface area contributed by atoms with Gasteiger partial charge in [0.05, 0.1) is 19.3 Å². The first-order valence-electron chi connectivity index (χ1n) is 6.35. The Morgan fingerprint density at radius 3 is 3.06 bits per heavy atom. The quantitative estimate of drug-likeness (QED) is 0.770. The van der Waals surface area contributed by atoms with Gasteiger partial charge in [0, 0.05) is 24.3 Å². The van der Waals surface area contributed by atoms with Crippen LogP contribution in [-0.4, -0.2) is 23.9 Å². The molecule has 0 bridgehead atoms. The van der Waals surface area contributed by atoms with E-state index in [9.17, 15) is 9.50 Å². The van der Waals surface area contributed by atoms with Crippen molar-refractivity contribution >= 4 is 0 Å². The molecule has 3 rings (SSSR count). The second kappa shape index (κ2) is 4.21. The van der Waals surface area contributed by atoms with Gasteiger partial charge in [-0.3, -0.25) is 0 Å². The number of fused-ring (bicyclic) bond motifs is 1. The Morgan fingerprint density at radius 2 is 2.28 bits per heavy atom. The Kier molecular flexibility index (Phi) is 2.79. The summed E-state index contributed by atoms with van der Waals surface area (Å²) in [7, 11) is 0. The zero-order valence-electron chi connectivity index (χ0n) is 10.4. The molecule has 2 heterocycles. The fourth-order valence-corrected chi connectivity index (χ4v) is 2.93. The van der Waals surface area contributed by atoms with E-state index in [2.05, 4.69) is 6.92 Å². The summed E-state index contributed by atoms with van der Waals surface area (Å²) in [5, 5.41) is 10.2. The van der Waals surface area contributed by atoms with Crippen molar-refractivity contribution < 1.29 is 19.0 Å². The SMILES string of the molecule is CC1COCCC12CC(O)c1cc(F)ccc1O2. The number of halogens is 1. The largest absolute Gasteiger partial charge is 0.486 e. The molecular formula is C14H17FO3. The van der Waals surface area contributed by atoms with Crippen LogP contribution in [0.1, 0.15) is 31.4 Å². The summed E-state index contributed by atoms with van der Waals surface area (Å²) in [5.74, 6) is 0.482. The number of hydrogen-bond acceptors (Lipinski definition) is 3. The number of aliphatic hydroxyl groups is 1. The van der Waals surface area contributed by atoms with E-state index in [0.717, 1.165) is 6.42 Å². The first-order chi connectivity index (χ1) is 8.61. The van der Waals surface area contributed by atoms with Gasteiger partial charge >= 0.3 is 0 Å². The molecule has 1 aromatic rings. The Balaban J connectivity index is 1.98. The third-order valence-corrected chi connectivity index (χ3v) is 4.12. The average molecular weight is 252 g/mol. The summed E-state index contributed by atoms with van der Waals surface area (Å²) in [4.78, 5) is 0. The van der Waals surface area contributed by atoms with Gasteiger partial charge in [-0.05, 0) is 18.2 Å². The van der Waals surface area contributed by atoms with Crippen LogP contribution in [0, 0.1) is 11.7 Å². The summed E-state index contributed by atoms with van der Waals surface area (Å²) in [6.45, 7) is 3.36. The van der Waals surface area contributed by atoms with E-state index in [1.54, 1.807) is 6.07 Å². The third kappa shape index (κ3) is 1.80. The third-order valence-electron chi connectivity index (χ3n) is 4.12. The van der Waals surface area contributed by atoms with E-state index >= 15 is 0 Å². The van der Waals surface area contributed by atoms with Gasteiger partial charge in [-0.2, -0.15) is 0 Å². The minimum absolute atomic E-state index is 0.221. The van der Waals surface area contributed by atoms with Crippen LogP contribution in [0.3, 0.4) is 0 Å². The monoisotopic (exact) mass is 252 g/mol. The molecule has 0 radical (unpaired) electrons. The highest BCUT2D eigenvalue weighted by Gasteiger charge is 2.46. The van der Waals surface area contributed by atoms with Crippen LogP contribution in [0.5, 0.6) is 5.75 Å². The van der Waals surface area contributed by atoms with Crippen molar-refractivity contribution in [2.24, 2.45) is 5.92 Å². The Morgan fingerprint density at radius 1 is 1.44 bits per heavy atom. The minimum atomic E-state index is -0.662. The normalized spacial score (nSPS) is 35.1. The van der Waals surface area contributed by atoms with E-state index in [0.29, 0.717) is 30.9 Å². The van der Waals surface area contributed by atoms with E-state index in [4.69, 9.17) is 9.47 Å². The van der Waals surface area contributed by atoms with Gasteiger partial charge in [0.25, 0.3) is 0 Å². The van der Waals surface area contributed by atoms with Gasteiger partial charge in [-0.1, -0.05) is 6.92 Å². The van der Waals surface area contributed by atoms with Crippen LogP contribution < -0.4 is 4.74 Å². The lowest BCUT2D eigenvalue weighted by molar-refractivity contribution is -0.121. The fraction of sp³-hybridized carbons (Fsp3) is 0.571. The molecule has 3 nitrogen and oxygen atoms in total. The lowest BCUT2D eigenvalue weighted by atomic mass is 9.77. The van der Waals surface area contributed by atoms with Crippen LogP contribution in [0.25, 0.3) is 0 Å². The van der Waals surface area contributed by atoms with Crippen molar-refractivity contribution in [2.75, 3.05) is 13.2 Å². The number of aliphatic hydroxyl groups excluding tert-OH is 1. The molecule has 0 amide bonds. The smallest absolute Gasteiger partial charge is 0.126 e. The highest BCUT2D eigenvalue weighted by atomic mass is 19.1. The summed E-state index contributed by atoms with van der Waals surface area (Å²) < 4.78 is 24.7. The van der Waals surface area contributed by atoms with Gasteiger partial charge < -0.3 is 14.6 Å². The maximum Gasteiger partial charge on any atom is 0.126 e. The second-order valence-electron chi connectivity index (χ2n) is 5.29. The minimum Gasteiger partial charge on any atom is -0.486 e. The molecule has 0 saturated carbocycles. The molecule has 18 heavy (non-hydrogen) atoms. The van der Waals surface area contributed by atoms with Gasteiger partial charge in [-0.15, -0.1) is 0 Å². The molecular weight excluding hydrogens is 235 g/mol. The first-order valence-corrected chi connectivity index (χ1v) is 6.35. The predicted octanol–water partition coefficient (Wildman–Crippen LogP) is 2.44. The highest BCUT2D eigenvalue weighted by molar-refractivity contribution is 5.38. The summed E-state index contributed by atoms with van der Waals surface area (Å²) >= 11 is 0. The van der Waals surface area contributed by atoms with E-state index in [1.807, 2.05) is 0 Å². The highest BCUT2D eigenvalue weighted by Crippen LogP contribution is 2.46. The molecule has 2 aliphatic rings. The standard InChI is InChI=1S/C14H17FO3/c1-9-8-17-5-4-14(9)7-12(16)11-6-10(15)2-3-13(11)18-14/h2-3,6,9,12,16H,4-5,7-8H2,1H3. The predicted molar refractivity (Wildman–Crippen MR) is 63.9 cm³/mol. The maximum absolute atomic E-state index is 13.2. The van der Waals surface area contributed by atoms with Crippen molar-refractivity contribution in [3.63, 3.8) is 0 Å². The number of hydrogen-bond donors (Lipinski definition) is 1. The molecule has 3 atom stereocenters. The average Bonchev–Trinajstić information content (AvgIpc) is 2.34. The van der Waals surface area contributed by atoms with E-state index < -0.39 is 6.10 Å². The summed E-state index contributed by atoms with van der Waals surface area (Å²) in [5.41, 5.74) is 0.182. The number of ether oxygens (including phenoxy) is 2. The molecule has 0 aliphatic carbocycles. The first kappa shape index (κ1) is 11.9. The molecule has 98 valence electrons. The van der Waals surface area contributed by atoms with Crippen molar-refractivity contribution in [3.8, 4) is 5.75 Å². The lowest BCUT2D eigenvalue weighted by Crippen LogP contribution is -2.51. The van der Waals surface area contributed by atoms with Crippen molar-refractivity contribution in [3.05, 3.63) is 29.6 Å². The summed E-state index contributed by atoms with van der Waals surface area (Å²) in [6, 6.07) is 4.34. The number of benzene rings is 1. The molecule has 1 fully saturated rings. The van der Waals surface area contributed by atoms with Gasteiger partial charge in [0.1, 0.15) is 17.2 Å². The Bertz CT molecular complexity index is 462. The van der Waals surface area contributed by atoms with Crippen LogP contribution in [0.2, 0.25) is 0 Å². The van der Waals surface area contributed by atoms with Crippen LogP contribution in [0.4, 0.5) is 4.39 Å². The van der Waals surface area contributed by atoms with Gasteiger partial charge in [0.15, 0.2) is 0 Å².